The van der Waals surface area contributed by atoms with E-state index in [1.54, 1.807) is 83.1 Å². The third-order valence-corrected chi connectivity index (χ3v) is 5.17. The van der Waals surface area contributed by atoms with Crippen molar-refractivity contribution in [2.45, 2.75) is 114 Å². The van der Waals surface area contributed by atoms with Crippen LogP contribution in [0.3, 0.4) is 0 Å². The van der Waals surface area contributed by atoms with Crippen molar-refractivity contribution < 1.29 is 48.0 Å². The topological polar surface area (TPSA) is 135 Å². The van der Waals surface area contributed by atoms with Gasteiger partial charge in [-0.1, -0.05) is 0 Å². The van der Waals surface area contributed by atoms with E-state index in [2.05, 4.69) is 0 Å². The van der Waals surface area contributed by atoms with Crippen LogP contribution in [0.5, 0.6) is 0 Å². The molecule has 0 radical (unpaired) electrons. The molecule has 208 valence electrons. The van der Waals surface area contributed by atoms with E-state index < -0.39 is 82.8 Å². The Kier molecular flexibility index (Phi) is 9.77. The van der Waals surface area contributed by atoms with E-state index in [-0.39, 0.29) is 0 Å². The third kappa shape index (κ3) is 8.73. The van der Waals surface area contributed by atoms with Gasteiger partial charge in [0.1, 0.15) is 12.7 Å². The fraction of sp³-hybridized carbons (Fsp3) is 0.846. The van der Waals surface area contributed by atoms with Gasteiger partial charge in [0.25, 0.3) is 0 Å². The number of hydrogen-bond donors (Lipinski definition) is 1. The molecule has 0 saturated carbocycles. The van der Waals surface area contributed by atoms with E-state index in [0.29, 0.717) is 0 Å². The van der Waals surface area contributed by atoms with Crippen LogP contribution in [0.25, 0.3) is 0 Å². The molecule has 1 rings (SSSR count). The molecule has 2 unspecified atom stereocenters. The lowest BCUT2D eigenvalue weighted by molar-refractivity contribution is -0.300. The van der Waals surface area contributed by atoms with Crippen molar-refractivity contribution in [2.24, 2.45) is 21.7 Å². The highest BCUT2D eigenvalue weighted by Gasteiger charge is 2.54. The number of carbonyl (C=O) groups excluding carboxylic acids is 4. The minimum Gasteiger partial charge on any atom is -0.462 e. The first-order chi connectivity index (χ1) is 16.0. The average Bonchev–Trinajstić information content (AvgIpc) is 2.67. The van der Waals surface area contributed by atoms with Crippen LogP contribution in [0.1, 0.15) is 83.1 Å². The summed E-state index contributed by atoms with van der Waals surface area (Å²) in [7, 11) is 0. The van der Waals surface area contributed by atoms with Crippen molar-refractivity contribution in [3.8, 4) is 0 Å². The van der Waals surface area contributed by atoms with Crippen molar-refractivity contribution in [1.29, 1.82) is 0 Å². The molecule has 1 heterocycles. The summed E-state index contributed by atoms with van der Waals surface area (Å²) in [5.41, 5.74) is -3.68. The standard InChI is InChI=1S/C26H44O10/c1-23(2,3)19(28)32-13-14-15(34-20(29)24(4,5)6)16(35-21(30)25(7,8)9)17(18(27)33-14)36-22(31)26(10,11)12/h14-18,27H,13H2,1-12H3/t14?,15-,16?,17-,18+/m1/s1. The first-order valence-electron chi connectivity index (χ1n) is 12.1. The molecular weight excluding hydrogens is 472 g/mol. The van der Waals surface area contributed by atoms with Crippen molar-refractivity contribution in [2.75, 3.05) is 6.61 Å². The van der Waals surface area contributed by atoms with Crippen LogP contribution in [0, 0.1) is 21.7 Å². The Labute approximate surface area is 214 Å². The summed E-state index contributed by atoms with van der Waals surface area (Å²) in [4.78, 5) is 50.8. The van der Waals surface area contributed by atoms with E-state index in [0.717, 1.165) is 0 Å². The minimum absolute atomic E-state index is 0.404. The second-order valence-corrected chi connectivity index (χ2v) is 13.3. The summed E-state index contributed by atoms with van der Waals surface area (Å²) in [5.74, 6) is -2.57. The van der Waals surface area contributed by atoms with E-state index in [9.17, 15) is 24.3 Å². The van der Waals surface area contributed by atoms with Crippen LogP contribution < -0.4 is 0 Å². The lowest BCUT2D eigenvalue weighted by Crippen LogP contribution is -2.63. The number of ether oxygens (including phenoxy) is 5. The molecule has 5 atom stereocenters. The van der Waals surface area contributed by atoms with Gasteiger partial charge in [-0.2, -0.15) is 0 Å². The highest BCUT2D eigenvalue weighted by molar-refractivity contribution is 5.78. The van der Waals surface area contributed by atoms with E-state index in [1.165, 1.54) is 0 Å². The van der Waals surface area contributed by atoms with Crippen molar-refractivity contribution in [1.82, 2.24) is 0 Å². The molecule has 10 nitrogen and oxygen atoms in total. The SMILES string of the molecule is CC(C)(C)C(=O)OCC1O[C@H](O)[C@H](OC(=O)C(C)(C)C)C(OC(=O)C(C)(C)C)[C@@H]1OC(=O)C(C)(C)C. The fourth-order valence-corrected chi connectivity index (χ4v) is 2.71. The van der Waals surface area contributed by atoms with Crippen LogP contribution in [-0.4, -0.2) is 66.3 Å². The predicted molar refractivity (Wildman–Crippen MR) is 129 cm³/mol. The molecule has 0 spiro atoms. The Bertz CT molecular complexity index is 820. The average molecular weight is 517 g/mol. The van der Waals surface area contributed by atoms with Gasteiger partial charge in [-0.05, 0) is 83.1 Å². The number of hydrogen-bond acceptors (Lipinski definition) is 10. The van der Waals surface area contributed by atoms with Crippen LogP contribution in [0.2, 0.25) is 0 Å². The van der Waals surface area contributed by atoms with Gasteiger partial charge in [0.15, 0.2) is 24.6 Å². The van der Waals surface area contributed by atoms with Crippen molar-refractivity contribution in [3.05, 3.63) is 0 Å². The molecule has 0 aliphatic carbocycles. The molecule has 1 N–H and O–H groups in total. The summed E-state index contributed by atoms with van der Waals surface area (Å²) in [6, 6.07) is 0. The number of aliphatic hydroxyl groups excluding tert-OH is 1. The molecule has 0 bridgehead atoms. The summed E-state index contributed by atoms with van der Waals surface area (Å²) < 4.78 is 28.0. The van der Waals surface area contributed by atoms with Gasteiger partial charge in [-0.25, -0.2) is 0 Å². The summed E-state index contributed by atoms with van der Waals surface area (Å²) in [6.07, 6.45) is -7.25. The Balaban J connectivity index is 3.50. The molecule has 1 fully saturated rings. The van der Waals surface area contributed by atoms with Crippen molar-refractivity contribution >= 4 is 23.9 Å². The third-order valence-electron chi connectivity index (χ3n) is 5.17. The maximum atomic E-state index is 12.9. The second-order valence-electron chi connectivity index (χ2n) is 13.3. The predicted octanol–water partition coefficient (Wildman–Crippen LogP) is 3.17. The number of carbonyl (C=O) groups is 4. The van der Waals surface area contributed by atoms with Gasteiger partial charge in [0.05, 0.1) is 21.7 Å². The Morgan fingerprint density at radius 3 is 1.28 bits per heavy atom. The van der Waals surface area contributed by atoms with E-state index in [4.69, 9.17) is 23.7 Å². The molecule has 36 heavy (non-hydrogen) atoms. The van der Waals surface area contributed by atoms with Crippen LogP contribution in [0.15, 0.2) is 0 Å². The van der Waals surface area contributed by atoms with Crippen LogP contribution in [0.4, 0.5) is 0 Å². The highest BCUT2D eigenvalue weighted by atomic mass is 16.7. The molecular formula is C26H44O10. The van der Waals surface area contributed by atoms with E-state index in [1.807, 2.05) is 0 Å². The number of rotatable bonds is 5. The van der Waals surface area contributed by atoms with Crippen LogP contribution >= 0.6 is 0 Å². The molecule has 0 aromatic rings. The van der Waals surface area contributed by atoms with Gasteiger partial charge in [-0.15, -0.1) is 0 Å². The monoisotopic (exact) mass is 516 g/mol. The zero-order chi connectivity index (χ0) is 28.4. The van der Waals surface area contributed by atoms with Gasteiger partial charge in [0, 0.05) is 0 Å². The molecule has 0 aromatic heterocycles. The molecule has 1 saturated heterocycles. The maximum absolute atomic E-state index is 12.9. The van der Waals surface area contributed by atoms with Crippen molar-refractivity contribution in [3.63, 3.8) is 0 Å². The molecule has 0 amide bonds. The first kappa shape index (κ1) is 31.8. The number of esters is 4. The summed E-state index contributed by atoms with van der Waals surface area (Å²) >= 11 is 0. The van der Waals surface area contributed by atoms with Crippen LogP contribution in [-0.2, 0) is 42.9 Å². The Hall–Kier alpha value is -2.20. The fourth-order valence-electron chi connectivity index (χ4n) is 2.71. The normalized spacial score (nSPS) is 25.5. The number of aliphatic hydroxyl groups is 1. The highest BCUT2D eigenvalue weighted by Crippen LogP contribution is 2.33. The lowest BCUT2D eigenvalue weighted by atomic mass is 9.93. The second kappa shape index (κ2) is 11.0. The molecule has 1 aliphatic rings. The summed E-state index contributed by atoms with van der Waals surface area (Å²) in [5, 5.41) is 10.8. The van der Waals surface area contributed by atoms with Gasteiger partial charge < -0.3 is 28.8 Å². The molecule has 1 aliphatic heterocycles. The zero-order valence-electron chi connectivity index (χ0n) is 23.7. The summed E-state index contributed by atoms with van der Waals surface area (Å²) in [6.45, 7) is 19.2. The maximum Gasteiger partial charge on any atom is 0.311 e. The lowest BCUT2D eigenvalue weighted by Gasteiger charge is -2.44. The Morgan fingerprint density at radius 1 is 0.583 bits per heavy atom. The quantitative estimate of drug-likeness (QED) is 0.429. The molecule has 0 aromatic carbocycles. The van der Waals surface area contributed by atoms with Gasteiger partial charge in [0.2, 0.25) is 0 Å². The first-order valence-corrected chi connectivity index (χ1v) is 12.1. The zero-order valence-corrected chi connectivity index (χ0v) is 23.7. The van der Waals surface area contributed by atoms with E-state index >= 15 is 0 Å². The largest absolute Gasteiger partial charge is 0.462 e. The Morgan fingerprint density at radius 2 is 0.917 bits per heavy atom. The van der Waals surface area contributed by atoms with Gasteiger partial charge in [-0.3, -0.25) is 19.2 Å². The van der Waals surface area contributed by atoms with Gasteiger partial charge >= 0.3 is 23.9 Å². The molecule has 10 heteroatoms. The smallest absolute Gasteiger partial charge is 0.311 e. The minimum atomic E-state index is -1.75.